The van der Waals surface area contributed by atoms with E-state index in [0.29, 0.717) is 5.82 Å². The zero-order valence-corrected chi connectivity index (χ0v) is 10.8. The highest BCUT2D eigenvalue weighted by atomic mass is 15.3. The maximum Gasteiger partial charge on any atom is 0.151 e. The third kappa shape index (κ3) is 2.41. The van der Waals surface area contributed by atoms with Crippen molar-refractivity contribution in [2.24, 2.45) is 0 Å². The van der Waals surface area contributed by atoms with Gasteiger partial charge >= 0.3 is 0 Å². The quantitative estimate of drug-likeness (QED) is 0.849. The molecule has 2 heterocycles. The number of nitrogen functional groups attached to an aromatic ring is 1. The van der Waals surface area contributed by atoms with E-state index >= 15 is 0 Å². The summed E-state index contributed by atoms with van der Waals surface area (Å²) < 4.78 is 0. The van der Waals surface area contributed by atoms with Crippen LogP contribution in [0.25, 0.3) is 0 Å². The fraction of sp³-hybridized carbons (Fsp3) is 0.692. The lowest BCUT2D eigenvalue weighted by molar-refractivity contribution is 0.187. The molecule has 3 rings (SSSR count). The highest BCUT2D eigenvalue weighted by molar-refractivity contribution is 5.41. The predicted octanol–water partition coefficient (Wildman–Crippen LogP) is 1.12. The van der Waals surface area contributed by atoms with Gasteiger partial charge in [-0.15, -0.1) is 10.2 Å². The first-order valence-electron chi connectivity index (χ1n) is 6.91. The van der Waals surface area contributed by atoms with Gasteiger partial charge in [0.25, 0.3) is 0 Å². The van der Waals surface area contributed by atoms with E-state index in [2.05, 4.69) is 20.0 Å². The number of rotatable bonds is 2. The Morgan fingerprint density at radius 1 is 1.00 bits per heavy atom. The number of nitrogens with zero attached hydrogens (tertiary/aromatic N) is 4. The number of nitrogens with two attached hydrogens (primary N) is 1. The van der Waals surface area contributed by atoms with Crippen LogP contribution in [0.1, 0.15) is 25.7 Å². The first kappa shape index (κ1) is 11.7. The molecule has 5 nitrogen and oxygen atoms in total. The Kier molecular flexibility index (Phi) is 3.32. The minimum atomic E-state index is 0.489. The first-order valence-corrected chi connectivity index (χ1v) is 6.91. The Balaban J connectivity index is 1.57. The number of piperazine rings is 1. The largest absolute Gasteiger partial charge is 0.382 e. The second-order valence-corrected chi connectivity index (χ2v) is 5.28. The molecule has 0 amide bonds. The Morgan fingerprint density at radius 3 is 2.33 bits per heavy atom. The average molecular weight is 247 g/mol. The minimum absolute atomic E-state index is 0.489. The van der Waals surface area contributed by atoms with Crippen molar-refractivity contribution in [3.8, 4) is 0 Å². The molecule has 2 fully saturated rings. The Morgan fingerprint density at radius 2 is 1.72 bits per heavy atom. The summed E-state index contributed by atoms with van der Waals surface area (Å²) in [4.78, 5) is 4.95. The number of anilines is 2. The normalized spacial score (nSPS) is 22.6. The van der Waals surface area contributed by atoms with Gasteiger partial charge in [-0.2, -0.15) is 0 Å². The van der Waals surface area contributed by atoms with Crippen LogP contribution in [0.2, 0.25) is 0 Å². The van der Waals surface area contributed by atoms with Gasteiger partial charge in [-0.3, -0.25) is 4.90 Å². The monoisotopic (exact) mass is 247 g/mol. The van der Waals surface area contributed by atoms with E-state index in [1.54, 1.807) is 0 Å². The summed E-state index contributed by atoms with van der Waals surface area (Å²) in [6, 6.07) is 4.63. The molecule has 1 saturated carbocycles. The Labute approximate surface area is 108 Å². The molecule has 0 unspecified atom stereocenters. The van der Waals surface area contributed by atoms with Crippen molar-refractivity contribution in [1.29, 1.82) is 0 Å². The summed E-state index contributed by atoms with van der Waals surface area (Å²) in [6.45, 7) is 4.40. The van der Waals surface area contributed by atoms with Gasteiger partial charge in [0.05, 0.1) is 0 Å². The second kappa shape index (κ2) is 5.10. The van der Waals surface area contributed by atoms with Crippen molar-refractivity contribution in [2.75, 3.05) is 36.8 Å². The van der Waals surface area contributed by atoms with E-state index in [0.717, 1.165) is 38.0 Å². The molecule has 0 atom stereocenters. The van der Waals surface area contributed by atoms with Crippen LogP contribution in [0.4, 0.5) is 11.6 Å². The lowest BCUT2D eigenvalue weighted by Gasteiger charge is -2.38. The van der Waals surface area contributed by atoms with Crippen LogP contribution >= 0.6 is 0 Å². The zero-order valence-electron chi connectivity index (χ0n) is 10.8. The van der Waals surface area contributed by atoms with Crippen molar-refractivity contribution < 1.29 is 0 Å². The smallest absolute Gasteiger partial charge is 0.151 e. The average Bonchev–Trinajstić information content (AvgIpc) is 2.94. The molecule has 0 radical (unpaired) electrons. The van der Waals surface area contributed by atoms with Gasteiger partial charge in [0.1, 0.15) is 5.82 Å². The van der Waals surface area contributed by atoms with Crippen molar-refractivity contribution in [1.82, 2.24) is 15.1 Å². The molecule has 0 bridgehead atoms. The lowest BCUT2D eigenvalue weighted by Crippen LogP contribution is -2.50. The lowest BCUT2D eigenvalue weighted by atomic mass is 10.2. The molecule has 1 saturated heterocycles. The maximum absolute atomic E-state index is 5.56. The van der Waals surface area contributed by atoms with Gasteiger partial charge in [-0.05, 0) is 25.0 Å². The molecule has 5 heteroatoms. The molecule has 1 aliphatic carbocycles. The summed E-state index contributed by atoms with van der Waals surface area (Å²) in [5, 5.41) is 8.08. The summed E-state index contributed by atoms with van der Waals surface area (Å²) in [5.41, 5.74) is 5.56. The molecule has 1 aromatic rings. The summed E-state index contributed by atoms with van der Waals surface area (Å²) >= 11 is 0. The summed E-state index contributed by atoms with van der Waals surface area (Å²) in [5.74, 6) is 1.44. The SMILES string of the molecule is Nc1ccc(N2CCN(C3CCCC3)CC2)nn1. The van der Waals surface area contributed by atoms with Crippen molar-refractivity contribution >= 4 is 11.6 Å². The fourth-order valence-corrected chi connectivity index (χ4v) is 3.09. The van der Waals surface area contributed by atoms with Crippen LogP contribution < -0.4 is 10.6 Å². The van der Waals surface area contributed by atoms with Gasteiger partial charge in [-0.25, -0.2) is 0 Å². The van der Waals surface area contributed by atoms with E-state index in [1.807, 2.05) is 12.1 Å². The molecular formula is C13H21N5. The second-order valence-electron chi connectivity index (χ2n) is 5.28. The van der Waals surface area contributed by atoms with E-state index in [4.69, 9.17) is 5.73 Å². The number of hydrogen-bond donors (Lipinski definition) is 1. The topological polar surface area (TPSA) is 58.3 Å². The van der Waals surface area contributed by atoms with Crippen LogP contribution in [0, 0.1) is 0 Å². The van der Waals surface area contributed by atoms with Crippen molar-refractivity contribution in [3.63, 3.8) is 0 Å². The maximum atomic E-state index is 5.56. The third-order valence-electron chi connectivity index (χ3n) is 4.15. The first-order chi connectivity index (χ1) is 8.83. The van der Waals surface area contributed by atoms with Crippen molar-refractivity contribution in [2.45, 2.75) is 31.7 Å². The Hall–Kier alpha value is -1.36. The third-order valence-corrected chi connectivity index (χ3v) is 4.15. The molecule has 98 valence electrons. The zero-order chi connectivity index (χ0) is 12.4. The molecule has 1 aliphatic heterocycles. The minimum Gasteiger partial charge on any atom is -0.382 e. The van der Waals surface area contributed by atoms with Crippen LogP contribution in [0.5, 0.6) is 0 Å². The van der Waals surface area contributed by atoms with E-state index in [9.17, 15) is 0 Å². The van der Waals surface area contributed by atoms with Gasteiger partial charge in [-0.1, -0.05) is 12.8 Å². The fourth-order valence-electron chi connectivity index (χ4n) is 3.09. The Bertz CT molecular complexity index is 377. The van der Waals surface area contributed by atoms with Crippen LogP contribution in [-0.2, 0) is 0 Å². The van der Waals surface area contributed by atoms with Gasteiger partial charge < -0.3 is 10.6 Å². The van der Waals surface area contributed by atoms with E-state index in [1.165, 1.54) is 25.7 Å². The number of hydrogen-bond acceptors (Lipinski definition) is 5. The van der Waals surface area contributed by atoms with Crippen LogP contribution in [0.3, 0.4) is 0 Å². The molecule has 0 aromatic carbocycles. The highest BCUT2D eigenvalue weighted by Gasteiger charge is 2.26. The molecule has 1 aromatic heterocycles. The van der Waals surface area contributed by atoms with E-state index in [-0.39, 0.29) is 0 Å². The summed E-state index contributed by atoms with van der Waals surface area (Å²) in [6.07, 6.45) is 5.60. The van der Waals surface area contributed by atoms with E-state index < -0.39 is 0 Å². The molecule has 2 aliphatic rings. The van der Waals surface area contributed by atoms with Gasteiger partial charge in [0.15, 0.2) is 5.82 Å². The van der Waals surface area contributed by atoms with Gasteiger partial charge in [0, 0.05) is 32.2 Å². The predicted molar refractivity (Wildman–Crippen MR) is 72.5 cm³/mol. The molecular weight excluding hydrogens is 226 g/mol. The summed E-state index contributed by atoms with van der Waals surface area (Å²) in [7, 11) is 0. The molecule has 2 N–H and O–H groups in total. The standard InChI is InChI=1S/C13H21N5/c14-12-5-6-13(16-15-12)18-9-7-17(8-10-18)11-3-1-2-4-11/h5-6,11H,1-4,7-10H2,(H2,14,15). The van der Waals surface area contributed by atoms with Crippen molar-refractivity contribution in [3.05, 3.63) is 12.1 Å². The highest BCUT2D eigenvalue weighted by Crippen LogP contribution is 2.25. The van der Waals surface area contributed by atoms with Crippen LogP contribution in [-0.4, -0.2) is 47.3 Å². The molecule has 18 heavy (non-hydrogen) atoms. The van der Waals surface area contributed by atoms with Crippen LogP contribution in [0.15, 0.2) is 12.1 Å². The molecule has 0 spiro atoms. The van der Waals surface area contributed by atoms with Gasteiger partial charge in [0.2, 0.25) is 0 Å². The number of aromatic nitrogens is 2.